The third-order valence-corrected chi connectivity index (χ3v) is 12.2. The van der Waals surface area contributed by atoms with Gasteiger partial charge >= 0.3 is 6.18 Å². The highest BCUT2D eigenvalue weighted by atomic mass is 19.4. The summed E-state index contributed by atoms with van der Waals surface area (Å²) < 4.78 is 42.4. The second-order valence-electron chi connectivity index (χ2n) is 16.4. The maximum atomic E-state index is 14.6. The standard InChI is InChI=1S/C42H47F3N6O4/c1-6-36-46-21-28(22-47-36)27-16-26-10-8-7-9-14-40(4,5)35(54)13-15-41-19-31(32(53)18-30-24(2)11-12-33(48-30)42(43,44)45)51(34(41)20-41)37(55)23-50-39(26)29(17-27)38(49-50)25(3)52/h11-12,16-17,21-22,31,34H,6-10,13-15,18-20,23H2,1-5H3/t31-,34+,41-/m0/s1. The molecule has 55 heavy (non-hydrogen) atoms. The number of piperidine rings is 1. The summed E-state index contributed by atoms with van der Waals surface area (Å²) in [5.74, 6) is -0.162. The van der Waals surface area contributed by atoms with Crippen LogP contribution in [0.25, 0.3) is 22.0 Å². The van der Waals surface area contributed by atoms with Crippen LogP contribution < -0.4 is 0 Å². The van der Waals surface area contributed by atoms with Crippen molar-refractivity contribution in [2.45, 2.75) is 130 Å². The first-order chi connectivity index (χ1) is 26.0. The van der Waals surface area contributed by atoms with E-state index in [9.17, 15) is 32.3 Å². The Hall–Kier alpha value is -4.81. The summed E-state index contributed by atoms with van der Waals surface area (Å²) in [6, 6.07) is 4.93. The number of Topliss-reactive ketones (excluding diaryl/α,β-unsaturated/α-hetero) is 3. The molecule has 4 aromatic rings. The van der Waals surface area contributed by atoms with Crippen LogP contribution in [0.15, 0.2) is 36.7 Å². The topological polar surface area (TPSA) is 128 Å². The smallest absolute Gasteiger partial charge is 0.327 e. The number of aromatic nitrogens is 5. The van der Waals surface area contributed by atoms with Crippen molar-refractivity contribution >= 4 is 34.2 Å². The zero-order chi connectivity index (χ0) is 39.4. The summed E-state index contributed by atoms with van der Waals surface area (Å²) in [5, 5.41) is 5.33. The van der Waals surface area contributed by atoms with E-state index in [4.69, 9.17) is 5.10 Å². The van der Waals surface area contributed by atoms with Crippen molar-refractivity contribution < 1.29 is 32.3 Å². The van der Waals surface area contributed by atoms with Gasteiger partial charge in [0.1, 0.15) is 29.5 Å². The van der Waals surface area contributed by atoms with E-state index in [2.05, 4.69) is 15.0 Å². The second-order valence-corrected chi connectivity index (χ2v) is 16.4. The van der Waals surface area contributed by atoms with Gasteiger partial charge in [-0.25, -0.2) is 15.0 Å². The van der Waals surface area contributed by atoms with Crippen LogP contribution in [0.5, 0.6) is 0 Å². The number of nitrogens with zero attached hydrogens (tertiary/aromatic N) is 6. The first-order valence-corrected chi connectivity index (χ1v) is 19.3. The Kier molecular flexibility index (Phi) is 10.0. The molecule has 1 aromatic carbocycles. The SMILES string of the molecule is CCc1ncc(-c2cc3c4c(c2)c(C(C)=O)nn4CC(=O)N2[C@H](C(=O)Cc4nc(C(F)(F)F)ccc4C)C[C@@]4(CCC(=O)C(C)(C)CCCCC3)C[C@@H]24)cn1. The molecule has 2 bridgehead atoms. The highest BCUT2D eigenvalue weighted by molar-refractivity contribution is 6.07. The summed E-state index contributed by atoms with van der Waals surface area (Å²) in [5.41, 5.74) is 1.81. The minimum absolute atomic E-state index is 0.0209. The Morgan fingerprint density at radius 1 is 0.964 bits per heavy atom. The van der Waals surface area contributed by atoms with E-state index in [1.165, 1.54) is 13.0 Å². The van der Waals surface area contributed by atoms with E-state index in [0.29, 0.717) is 60.8 Å². The summed E-state index contributed by atoms with van der Waals surface area (Å²) in [6.07, 6.45) is 4.85. The number of aryl methyl sites for hydroxylation is 3. The number of amides is 1. The Morgan fingerprint density at radius 2 is 1.71 bits per heavy atom. The van der Waals surface area contributed by atoms with Crippen LogP contribution in [-0.2, 0) is 46.4 Å². The normalized spacial score (nSPS) is 23.1. The molecule has 3 aliphatic rings. The van der Waals surface area contributed by atoms with E-state index in [1.807, 2.05) is 32.9 Å². The van der Waals surface area contributed by atoms with E-state index in [-0.39, 0.29) is 47.9 Å². The van der Waals surface area contributed by atoms with Gasteiger partial charge in [-0.1, -0.05) is 39.7 Å². The van der Waals surface area contributed by atoms with Gasteiger partial charge in [-0.3, -0.25) is 23.9 Å². The zero-order valence-corrected chi connectivity index (χ0v) is 32.1. The van der Waals surface area contributed by atoms with Crippen LogP contribution in [0.1, 0.15) is 118 Å². The molecule has 10 nitrogen and oxygen atoms in total. The molecule has 3 atom stereocenters. The van der Waals surface area contributed by atoms with Crippen molar-refractivity contribution in [3.63, 3.8) is 0 Å². The van der Waals surface area contributed by atoms with Crippen LogP contribution in [-0.4, -0.2) is 65.0 Å². The van der Waals surface area contributed by atoms with Crippen molar-refractivity contribution in [3.8, 4) is 11.1 Å². The third-order valence-electron chi connectivity index (χ3n) is 12.2. The molecule has 2 fully saturated rings. The lowest BCUT2D eigenvalue weighted by Gasteiger charge is -2.27. The zero-order valence-electron chi connectivity index (χ0n) is 32.1. The van der Waals surface area contributed by atoms with Crippen LogP contribution in [0.4, 0.5) is 13.2 Å². The fourth-order valence-electron chi connectivity index (χ4n) is 8.75. The average molecular weight is 757 g/mol. The first kappa shape index (κ1) is 38.5. The third kappa shape index (κ3) is 7.46. The van der Waals surface area contributed by atoms with Gasteiger partial charge in [-0.15, -0.1) is 0 Å². The summed E-state index contributed by atoms with van der Waals surface area (Å²) >= 11 is 0. The van der Waals surface area contributed by atoms with Crippen LogP contribution in [0, 0.1) is 17.8 Å². The quantitative estimate of drug-likeness (QED) is 0.184. The number of carbonyl (C=O) groups is 4. The van der Waals surface area contributed by atoms with Gasteiger partial charge in [0.25, 0.3) is 0 Å². The molecule has 0 spiro atoms. The number of halogens is 3. The Bertz CT molecular complexity index is 2190. The molecule has 13 heteroatoms. The molecule has 1 saturated heterocycles. The van der Waals surface area contributed by atoms with Crippen molar-refractivity contribution in [2.75, 3.05) is 0 Å². The number of alkyl halides is 3. The monoisotopic (exact) mass is 756 g/mol. The average Bonchev–Trinajstić information content (AvgIpc) is 3.55. The van der Waals surface area contributed by atoms with E-state index < -0.39 is 34.5 Å². The highest BCUT2D eigenvalue weighted by Crippen LogP contribution is 2.62. The van der Waals surface area contributed by atoms with Gasteiger partial charge in [-0.2, -0.15) is 18.3 Å². The number of pyridine rings is 1. The Morgan fingerprint density at radius 3 is 2.40 bits per heavy atom. The summed E-state index contributed by atoms with van der Waals surface area (Å²) in [7, 11) is 0. The highest BCUT2D eigenvalue weighted by Gasteiger charge is 2.66. The van der Waals surface area contributed by atoms with Crippen molar-refractivity contribution in [1.82, 2.24) is 29.6 Å². The van der Waals surface area contributed by atoms with E-state index >= 15 is 0 Å². The number of rotatable bonds is 6. The molecule has 1 aliphatic carbocycles. The van der Waals surface area contributed by atoms with Crippen LogP contribution in [0.3, 0.4) is 0 Å². The van der Waals surface area contributed by atoms with Gasteiger partial charge < -0.3 is 4.90 Å². The van der Waals surface area contributed by atoms with Crippen molar-refractivity contribution in [2.24, 2.45) is 10.8 Å². The molecule has 3 aromatic heterocycles. The lowest BCUT2D eigenvalue weighted by Crippen LogP contribution is -2.45. The number of ketones is 3. The van der Waals surface area contributed by atoms with Gasteiger partial charge in [0.2, 0.25) is 5.91 Å². The molecular weight excluding hydrogens is 709 g/mol. The fraction of sp³-hybridized carbons (Fsp3) is 0.524. The second kappa shape index (κ2) is 14.4. The predicted molar refractivity (Wildman–Crippen MR) is 199 cm³/mol. The van der Waals surface area contributed by atoms with Gasteiger partial charge in [0, 0.05) is 54.6 Å². The van der Waals surface area contributed by atoms with Gasteiger partial charge in [0.15, 0.2) is 11.6 Å². The molecular formula is C42H47F3N6O4. The molecule has 2 aliphatic heterocycles. The Balaban J connectivity index is 1.30. The molecule has 0 radical (unpaired) electrons. The lowest BCUT2D eigenvalue weighted by atomic mass is 9.79. The minimum atomic E-state index is -4.67. The number of benzene rings is 1. The minimum Gasteiger partial charge on any atom is -0.327 e. The Labute approximate surface area is 318 Å². The summed E-state index contributed by atoms with van der Waals surface area (Å²) in [6.45, 7) is 8.75. The van der Waals surface area contributed by atoms with Gasteiger partial charge in [-0.05, 0) is 85.8 Å². The predicted octanol–water partition coefficient (Wildman–Crippen LogP) is 7.64. The fourth-order valence-corrected chi connectivity index (χ4v) is 8.75. The van der Waals surface area contributed by atoms with E-state index in [0.717, 1.165) is 48.4 Å². The molecule has 5 heterocycles. The molecule has 0 N–H and O–H groups in total. The molecule has 7 rings (SSSR count). The first-order valence-electron chi connectivity index (χ1n) is 19.3. The van der Waals surface area contributed by atoms with Gasteiger partial charge in [0.05, 0.1) is 23.7 Å². The van der Waals surface area contributed by atoms with Crippen molar-refractivity contribution in [3.05, 3.63) is 70.7 Å². The maximum absolute atomic E-state index is 14.6. The summed E-state index contributed by atoms with van der Waals surface area (Å²) in [4.78, 5) is 69.9. The molecule has 1 amide bonds. The van der Waals surface area contributed by atoms with Crippen LogP contribution in [0.2, 0.25) is 0 Å². The van der Waals surface area contributed by atoms with Crippen LogP contribution >= 0.6 is 0 Å². The molecule has 1 saturated carbocycles. The lowest BCUT2D eigenvalue weighted by molar-refractivity contribution is -0.141. The van der Waals surface area contributed by atoms with E-state index in [1.54, 1.807) is 28.9 Å². The number of hydrogen-bond donors (Lipinski definition) is 0. The largest absolute Gasteiger partial charge is 0.433 e. The van der Waals surface area contributed by atoms with Crippen molar-refractivity contribution in [1.29, 1.82) is 0 Å². The number of carbonyl (C=O) groups excluding carboxylic acids is 4. The number of hydrogen-bond acceptors (Lipinski definition) is 8. The maximum Gasteiger partial charge on any atom is 0.433 e. The molecule has 290 valence electrons. The molecule has 0 unspecified atom stereocenters.